The Kier molecular flexibility index (Phi) is 5.70. The maximum absolute atomic E-state index is 3.56. The molecule has 0 aromatic heterocycles. The first kappa shape index (κ1) is 14.2. The van der Waals surface area contributed by atoms with E-state index < -0.39 is 0 Å². The molecule has 0 aliphatic rings. The molecule has 0 radical (unpaired) electrons. The van der Waals surface area contributed by atoms with Crippen molar-refractivity contribution < 1.29 is 0 Å². The monoisotopic (exact) mass is 233 g/mol. The average molecular weight is 233 g/mol. The van der Waals surface area contributed by atoms with Crippen molar-refractivity contribution in [2.45, 2.75) is 47.1 Å². The van der Waals surface area contributed by atoms with Gasteiger partial charge in [-0.3, -0.25) is 0 Å². The molecule has 0 saturated heterocycles. The molecule has 0 spiro atoms. The first-order chi connectivity index (χ1) is 8.04. The molecule has 0 aliphatic carbocycles. The van der Waals surface area contributed by atoms with E-state index in [4.69, 9.17) is 0 Å². The van der Waals surface area contributed by atoms with Gasteiger partial charge in [-0.2, -0.15) is 0 Å². The van der Waals surface area contributed by atoms with E-state index in [1.165, 1.54) is 17.5 Å². The van der Waals surface area contributed by atoms with Crippen LogP contribution in [0.5, 0.6) is 0 Å². The second kappa shape index (κ2) is 6.80. The van der Waals surface area contributed by atoms with Gasteiger partial charge in [-0.05, 0) is 44.2 Å². The van der Waals surface area contributed by atoms with E-state index in [1.807, 2.05) is 0 Å². The molecule has 0 fully saturated rings. The minimum absolute atomic E-state index is 0.584. The van der Waals surface area contributed by atoms with E-state index in [-0.39, 0.29) is 0 Å². The summed E-state index contributed by atoms with van der Waals surface area (Å²) in [6.45, 7) is 12.4. The number of aryl methyl sites for hydroxylation is 1. The van der Waals surface area contributed by atoms with Crippen LogP contribution >= 0.6 is 0 Å². The molecule has 0 heterocycles. The predicted octanol–water partition coefficient (Wildman–Crippen LogP) is 3.81. The van der Waals surface area contributed by atoms with E-state index >= 15 is 0 Å². The topological polar surface area (TPSA) is 12.0 Å². The van der Waals surface area contributed by atoms with Gasteiger partial charge in [-0.1, -0.05) is 50.6 Å². The van der Waals surface area contributed by atoms with Crippen LogP contribution in [0.15, 0.2) is 24.3 Å². The SMILES string of the molecule is CCNC(C)C(Cc1cccc(C)c1)C(C)C. The molecule has 1 aromatic rings. The highest BCUT2D eigenvalue weighted by atomic mass is 14.9. The third kappa shape index (κ3) is 4.51. The van der Waals surface area contributed by atoms with Crippen molar-refractivity contribution in [1.29, 1.82) is 0 Å². The van der Waals surface area contributed by atoms with Gasteiger partial charge in [0.05, 0.1) is 0 Å². The molecule has 2 atom stereocenters. The molecular weight excluding hydrogens is 206 g/mol. The Hall–Kier alpha value is -0.820. The highest BCUT2D eigenvalue weighted by Gasteiger charge is 2.20. The van der Waals surface area contributed by atoms with Gasteiger partial charge in [-0.25, -0.2) is 0 Å². The summed E-state index contributed by atoms with van der Waals surface area (Å²) in [5.41, 5.74) is 2.83. The zero-order chi connectivity index (χ0) is 12.8. The van der Waals surface area contributed by atoms with Gasteiger partial charge in [0.25, 0.3) is 0 Å². The lowest BCUT2D eigenvalue weighted by atomic mass is 9.83. The highest BCUT2D eigenvalue weighted by molar-refractivity contribution is 5.22. The van der Waals surface area contributed by atoms with E-state index in [1.54, 1.807) is 0 Å². The van der Waals surface area contributed by atoms with Crippen LogP contribution in [0.25, 0.3) is 0 Å². The zero-order valence-electron chi connectivity index (χ0n) is 12.0. The Balaban J connectivity index is 2.73. The van der Waals surface area contributed by atoms with Crippen LogP contribution in [0.4, 0.5) is 0 Å². The second-order valence-corrected chi connectivity index (χ2v) is 5.45. The number of nitrogens with one attached hydrogen (secondary N) is 1. The van der Waals surface area contributed by atoms with E-state index in [0.29, 0.717) is 17.9 Å². The van der Waals surface area contributed by atoms with Gasteiger partial charge in [0.15, 0.2) is 0 Å². The number of rotatable bonds is 6. The van der Waals surface area contributed by atoms with Crippen LogP contribution in [0.3, 0.4) is 0 Å². The van der Waals surface area contributed by atoms with Gasteiger partial charge in [-0.15, -0.1) is 0 Å². The Morgan fingerprint density at radius 1 is 1.18 bits per heavy atom. The van der Waals surface area contributed by atoms with Crippen molar-refractivity contribution >= 4 is 0 Å². The molecule has 1 rings (SSSR count). The molecule has 1 aromatic carbocycles. The average Bonchev–Trinajstić information content (AvgIpc) is 2.26. The van der Waals surface area contributed by atoms with Gasteiger partial charge >= 0.3 is 0 Å². The predicted molar refractivity (Wildman–Crippen MR) is 76.3 cm³/mol. The third-order valence-electron chi connectivity index (χ3n) is 3.58. The molecule has 1 N–H and O–H groups in total. The molecule has 0 amide bonds. The summed E-state index contributed by atoms with van der Waals surface area (Å²) in [5, 5.41) is 3.56. The molecule has 96 valence electrons. The van der Waals surface area contributed by atoms with Gasteiger partial charge in [0.1, 0.15) is 0 Å². The molecule has 2 unspecified atom stereocenters. The van der Waals surface area contributed by atoms with Crippen molar-refractivity contribution in [3.05, 3.63) is 35.4 Å². The quantitative estimate of drug-likeness (QED) is 0.788. The minimum atomic E-state index is 0.584. The van der Waals surface area contributed by atoms with E-state index in [9.17, 15) is 0 Å². The fourth-order valence-corrected chi connectivity index (χ4v) is 2.57. The maximum Gasteiger partial charge on any atom is 0.00725 e. The maximum atomic E-state index is 3.56. The molecular formula is C16H27N. The third-order valence-corrected chi connectivity index (χ3v) is 3.58. The zero-order valence-corrected chi connectivity index (χ0v) is 12.0. The van der Waals surface area contributed by atoms with Crippen molar-refractivity contribution in [2.75, 3.05) is 6.54 Å². The van der Waals surface area contributed by atoms with Crippen LogP contribution in [0, 0.1) is 18.8 Å². The summed E-state index contributed by atoms with van der Waals surface area (Å²) in [4.78, 5) is 0. The van der Waals surface area contributed by atoms with Crippen molar-refractivity contribution in [3.63, 3.8) is 0 Å². The van der Waals surface area contributed by atoms with Crippen molar-refractivity contribution in [1.82, 2.24) is 5.32 Å². The fraction of sp³-hybridized carbons (Fsp3) is 0.625. The smallest absolute Gasteiger partial charge is 0.00725 e. The second-order valence-electron chi connectivity index (χ2n) is 5.45. The normalized spacial score (nSPS) is 14.9. The lowest BCUT2D eigenvalue weighted by molar-refractivity contribution is 0.292. The molecule has 1 heteroatoms. The van der Waals surface area contributed by atoms with Gasteiger partial charge in [0.2, 0.25) is 0 Å². The summed E-state index contributed by atoms with van der Waals surface area (Å²) >= 11 is 0. The summed E-state index contributed by atoms with van der Waals surface area (Å²) in [6, 6.07) is 9.48. The number of hydrogen-bond donors (Lipinski definition) is 1. The van der Waals surface area contributed by atoms with Crippen LogP contribution in [-0.2, 0) is 6.42 Å². The number of benzene rings is 1. The molecule has 0 bridgehead atoms. The fourth-order valence-electron chi connectivity index (χ4n) is 2.57. The Morgan fingerprint density at radius 3 is 2.41 bits per heavy atom. The van der Waals surface area contributed by atoms with Crippen LogP contribution in [-0.4, -0.2) is 12.6 Å². The largest absolute Gasteiger partial charge is 0.314 e. The number of hydrogen-bond acceptors (Lipinski definition) is 1. The Morgan fingerprint density at radius 2 is 1.88 bits per heavy atom. The van der Waals surface area contributed by atoms with Gasteiger partial charge < -0.3 is 5.32 Å². The Labute approximate surface area is 107 Å². The Bertz CT molecular complexity index is 330. The lowest BCUT2D eigenvalue weighted by Gasteiger charge is -2.28. The molecule has 1 nitrogen and oxygen atoms in total. The molecule has 0 aliphatic heterocycles. The van der Waals surface area contributed by atoms with Crippen molar-refractivity contribution in [3.8, 4) is 0 Å². The first-order valence-electron chi connectivity index (χ1n) is 6.83. The highest BCUT2D eigenvalue weighted by Crippen LogP contribution is 2.21. The van der Waals surface area contributed by atoms with E-state index in [0.717, 1.165) is 6.54 Å². The van der Waals surface area contributed by atoms with Gasteiger partial charge in [0, 0.05) is 6.04 Å². The van der Waals surface area contributed by atoms with Crippen LogP contribution < -0.4 is 5.32 Å². The standard InChI is InChI=1S/C16H27N/c1-6-17-14(5)16(12(2)3)11-15-9-7-8-13(4)10-15/h7-10,12,14,16-17H,6,11H2,1-5H3. The molecule has 0 saturated carbocycles. The minimum Gasteiger partial charge on any atom is -0.314 e. The lowest BCUT2D eigenvalue weighted by Crippen LogP contribution is -2.37. The van der Waals surface area contributed by atoms with Crippen LogP contribution in [0.2, 0.25) is 0 Å². The van der Waals surface area contributed by atoms with E-state index in [2.05, 4.69) is 64.2 Å². The summed E-state index contributed by atoms with van der Waals surface area (Å²) in [6.07, 6.45) is 1.17. The summed E-state index contributed by atoms with van der Waals surface area (Å²) in [5.74, 6) is 1.42. The van der Waals surface area contributed by atoms with Crippen LogP contribution in [0.1, 0.15) is 38.8 Å². The van der Waals surface area contributed by atoms with Crippen molar-refractivity contribution in [2.24, 2.45) is 11.8 Å². The first-order valence-corrected chi connectivity index (χ1v) is 6.83. The summed E-state index contributed by atoms with van der Waals surface area (Å²) in [7, 11) is 0. The molecule has 17 heavy (non-hydrogen) atoms. The summed E-state index contributed by atoms with van der Waals surface area (Å²) < 4.78 is 0.